The summed E-state index contributed by atoms with van der Waals surface area (Å²) in [4.78, 5) is 17.0. The van der Waals surface area contributed by atoms with Crippen LogP contribution in [-0.2, 0) is 13.0 Å². The fraction of sp³-hybridized carbons (Fsp3) is 0.316. The molecule has 0 aliphatic carbocycles. The van der Waals surface area contributed by atoms with Crippen LogP contribution < -0.4 is 5.69 Å². The van der Waals surface area contributed by atoms with Crippen molar-refractivity contribution in [2.45, 2.75) is 39.2 Å². The summed E-state index contributed by atoms with van der Waals surface area (Å²) in [5, 5.41) is 4.49. The first-order chi connectivity index (χ1) is 11.6. The van der Waals surface area contributed by atoms with E-state index in [0.29, 0.717) is 18.3 Å². The van der Waals surface area contributed by atoms with Crippen molar-refractivity contribution in [2.75, 3.05) is 0 Å². The lowest BCUT2D eigenvalue weighted by molar-refractivity contribution is 0.447. The van der Waals surface area contributed by atoms with Crippen LogP contribution >= 0.6 is 0 Å². The SMILES string of the molecule is Cc1ccc(C2CCc3nn(-c4ccccn4)c(=O)n3C2)c(C)c1. The number of nitrogens with zero attached hydrogens (tertiary/aromatic N) is 4. The molecule has 2 aromatic heterocycles. The van der Waals surface area contributed by atoms with Crippen LogP contribution in [0.1, 0.15) is 34.9 Å². The minimum absolute atomic E-state index is 0.0989. The number of fused-ring (bicyclic) bond motifs is 1. The molecule has 24 heavy (non-hydrogen) atoms. The van der Waals surface area contributed by atoms with Gasteiger partial charge < -0.3 is 0 Å². The summed E-state index contributed by atoms with van der Waals surface area (Å²) in [6, 6.07) is 12.1. The van der Waals surface area contributed by atoms with Crippen molar-refractivity contribution in [2.24, 2.45) is 0 Å². The summed E-state index contributed by atoms with van der Waals surface area (Å²) < 4.78 is 3.22. The number of benzene rings is 1. The van der Waals surface area contributed by atoms with E-state index in [1.807, 2.05) is 22.8 Å². The highest BCUT2D eigenvalue weighted by Gasteiger charge is 2.26. The third-order valence-electron chi connectivity index (χ3n) is 4.79. The predicted octanol–water partition coefficient (Wildman–Crippen LogP) is 2.78. The van der Waals surface area contributed by atoms with Gasteiger partial charge in [-0.3, -0.25) is 4.57 Å². The normalized spacial score (nSPS) is 16.8. The fourth-order valence-electron chi connectivity index (χ4n) is 3.59. The second kappa shape index (κ2) is 5.74. The van der Waals surface area contributed by atoms with Crippen LogP contribution in [-0.4, -0.2) is 19.3 Å². The number of rotatable bonds is 2. The van der Waals surface area contributed by atoms with E-state index in [4.69, 9.17) is 0 Å². The minimum Gasteiger partial charge on any atom is -0.278 e. The van der Waals surface area contributed by atoms with Crippen molar-refractivity contribution in [1.29, 1.82) is 0 Å². The zero-order chi connectivity index (χ0) is 16.7. The Kier molecular flexibility index (Phi) is 3.56. The van der Waals surface area contributed by atoms with E-state index in [1.54, 1.807) is 6.20 Å². The topological polar surface area (TPSA) is 52.7 Å². The van der Waals surface area contributed by atoms with Crippen molar-refractivity contribution >= 4 is 0 Å². The highest BCUT2D eigenvalue weighted by Crippen LogP contribution is 2.30. The van der Waals surface area contributed by atoms with Gasteiger partial charge in [-0.2, -0.15) is 4.68 Å². The average Bonchev–Trinajstić information content (AvgIpc) is 2.92. The molecule has 3 aromatic rings. The summed E-state index contributed by atoms with van der Waals surface area (Å²) in [6.45, 7) is 4.94. The molecule has 0 N–H and O–H groups in total. The van der Waals surface area contributed by atoms with E-state index in [2.05, 4.69) is 42.1 Å². The zero-order valence-corrected chi connectivity index (χ0v) is 13.9. The summed E-state index contributed by atoms with van der Waals surface area (Å²) >= 11 is 0. The van der Waals surface area contributed by atoms with Gasteiger partial charge in [-0.05, 0) is 43.5 Å². The van der Waals surface area contributed by atoms with Crippen molar-refractivity contribution in [1.82, 2.24) is 19.3 Å². The van der Waals surface area contributed by atoms with Crippen LogP contribution in [0, 0.1) is 13.8 Å². The summed E-state index contributed by atoms with van der Waals surface area (Å²) in [5.41, 5.74) is 3.81. The van der Waals surface area contributed by atoms with Gasteiger partial charge >= 0.3 is 5.69 Å². The summed E-state index contributed by atoms with van der Waals surface area (Å²) in [6.07, 6.45) is 3.51. The number of pyridine rings is 1. The molecule has 0 radical (unpaired) electrons. The molecule has 4 rings (SSSR count). The molecule has 1 atom stereocenters. The van der Waals surface area contributed by atoms with Gasteiger partial charge in [-0.1, -0.05) is 29.8 Å². The van der Waals surface area contributed by atoms with Gasteiger partial charge in [0.05, 0.1) is 0 Å². The number of aromatic nitrogens is 4. The fourth-order valence-corrected chi connectivity index (χ4v) is 3.59. The first-order valence-electron chi connectivity index (χ1n) is 8.31. The van der Waals surface area contributed by atoms with Gasteiger partial charge in [0, 0.05) is 25.1 Å². The number of hydrogen-bond donors (Lipinski definition) is 0. The molecule has 5 nitrogen and oxygen atoms in total. The Morgan fingerprint density at radius 3 is 2.79 bits per heavy atom. The van der Waals surface area contributed by atoms with Crippen LogP contribution in [0.2, 0.25) is 0 Å². The second-order valence-electron chi connectivity index (χ2n) is 6.50. The van der Waals surface area contributed by atoms with Crippen molar-refractivity contribution in [3.8, 4) is 5.82 Å². The molecule has 1 unspecified atom stereocenters. The summed E-state index contributed by atoms with van der Waals surface area (Å²) in [5.74, 6) is 1.79. The molecule has 0 saturated carbocycles. The van der Waals surface area contributed by atoms with Crippen molar-refractivity contribution in [3.05, 3.63) is 75.6 Å². The molecule has 3 heterocycles. The standard InChI is InChI=1S/C19H20N4O/c1-13-6-8-16(14(2)11-13)15-7-9-18-21-23(19(24)22(18)12-15)17-5-3-4-10-20-17/h3-6,8,10-11,15H,7,9,12H2,1-2H3. The Hall–Kier alpha value is -2.69. The molecule has 0 fully saturated rings. The van der Waals surface area contributed by atoms with E-state index in [9.17, 15) is 4.79 Å². The third-order valence-corrected chi connectivity index (χ3v) is 4.79. The molecule has 0 saturated heterocycles. The lowest BCUT2D eigenvalue weighted by Gasteiger charge is -2.24. The number of aryl methyl sites for hydroxylation is 3. The van der Waals surface area contributed by atoms with Gasteiger partial charge in [0.1, 0.15) is 5.82 Å². The monoisotopic (exact) mass is 320 g/mol. The van der Waals surface area contributed by atoms with Gasteiger partial charge in [-0.25, -0.2) is 9.78 Å². The molecule has 1 aromatic carbocycles. The van der Waals surface area contributed by atoms with Crippen LogP contribution in [0.25, 0.3) is 5.82 Å². The van der Waals surface area contributed by atoms with Crippen molar-refractivity contribution in [3.63, 3.8) is 0 Å². The predicted molar refractivity (Wildman–Crippen MR) is 92.6 cm³/mol. The lowest BCUT2D eigenvalue weighted by atomic mass is 9.88. The first-order valence-corrected chi connectivity index (χ1v) is 8.31. The Labute approximate surface area is 140 Å². The molecule has 1 aliphatic rings. The number of hydrogen-bond acceptors (Lipinski definition) is 3. The highest BCUT2D eigenvalue weighted by atomic mass is 16.2. The van der Waals surface area contributed by atoms with Gasteiger partial charge in [0.2, 0.25) is 0 Å². The third kappa shape index (κ3) is 2.46. The Morgan fingerprint density at radius 1 is 1.17 bits per heavy atom. The molecule has 122 valence electrons. The molecule has 0 spiro atoms. The van der Waals surface area contributed by atoms with E-state index in [-0.39, 0.29) is 5.69 Å². The first kappa shape index (κ1) is 14.9. The zero-order valence-electron chi connectivity index (χ0n) is 13.9. The maximum absolute atomic E-state index is 12.8. The smallest absolute Gasteiger partial charge is 0.278 e. The molecule has 1 aliphatic heterocycles. The van der Waals surface area contributed by atoms with Crippen LogP contribution in [0.3, 0.4) is 0 Å². The Bertz CT molecular complexity index is 940. The second-order valence-corrected chi connectivity index (χ2v) is 6.50. The van der Waals surface area contributed by atoms with Gasteiger partial charge in [0.25, 0.3) is 0 Å². The maximum Gasteiger partial charge on any atom is 0.352 e. The minimum atomic E-state index is -0.0989. The highest BCUT2D eigenvalue weighted by molar-refractivity contribution is 5.33. The van der Waals surface area contributed by atoms with Crippen LogP contribution in [0.5, 0.6) is 0 Å². The molecular formula is C19H20N4O. The van der Waals surface area contributed by atoms with Gasteiger partial charge in [0.15, 0.2) is 5.82 Å². The Morgan fingerprint density at radius 2 is 2.04 bits per heavy atom. The maximum atomic E-state index is 12.8. The molecule has 0 bridgehead atoms. The van der Waals surface area contributed by atoms with Crippen LogP contribution in [0.4, 0.5) is 0 Å². The molecule has 0 amide bonds. The van der Waals surface area contributed by atoms with Gasteiger partial charge in [-0.15, -0.1) is 5.10 Å². The molecular weight excluding hydrogens is 300 g/mol. The quantitative estimate of drug-likeness (QED) is 0.729. The van der Waals surface area contributed by atoms with Crippen molar-refractivity contribution < 1.29 is 0 Å². The van der Waals surface area contributed by atoms with E-state index in [0.717, 1.165) is 18.7 Å². The van der Waals surface area contributed by atoms with E-state index in [1.165, 1.54) is 21.4 Å². The van der Waals surface area contributed by atoms with E-state index < -0.39 is 0 Å². The largest absolute Gasteiger partial charge is 0.352 e. The van der Waals surface area contributed by atoms with Crippen LogP contribution in [0.15, 0.2) is 47.4 Å². The molecule has 5 heteroatoms. The van der Waals surface area contributed by atoms with E-state index >= 15 is 0 Å². The Balaban J connectivity index is 1.71. The lowest BCUT2D eigenvalue weighted by Crippen LogP contribution is -2.29. The summed E-state index contributed by atoms with van der Waals surface area (Å²) in [7, 11) is 0. The average molecular weight is 320 g/mol.